The van der Waals surface area contributed by atoms with E-state index in [1.165, 1.54) is 17.2 Å². The number of anilines is 1. The van der Waals surface area contributed by atoms with E-state index >= 15 is 0 Å². The van der Waals surface area contributed by atoms with Crippen LogP contribution in [0.4, 0.5) is 11.5 Å². The number of aromatic nitrogens is 1. The molecule has 0 aliphatic heterocycles. The lowest BCUT2D eigenvalue weighted by atomic mass is 9.77. The second-order valence-electron chi connectivity index (χ2n) is 5.04. The van der Waals surface area contributed by atoms with E-state index < -0.39 is 4.92 Å². The Morgan fingerprint density at radius 1 is 1.35 bits per heavy atom. The molecule has 5 heteroatoms. The molecule has 0 amide bonds. The van der Waals surface area contributed by atoms with Gasteiger partial charge >= 0.3 is 0 Å². The SMILES string of the molecule is Cc1nc(NCC2Cc3ccccc32)ccc1[N+](=O)[O-]. The summed E-state index contributed by atoms with van der Waals surface area (Å²) in [5.74, 6) is 1.20. The van der Waals surface area contributed by atoms with E-state index in [0.29, 0.717) is 17.4 Å². The lowest BCUT2D eigenvalue weighted by molar-refractivity contribution is -0.385. The van der Waals surface area contributed by atoms with Gasteiger partial charge in [0.05, 0.1) is 4.92 Å². The zero-order valence-electron chi connectivity index (χ0n) is 11.2. The van der Waals surface area contributed by atoms with Crippen molar-refractivity contribution in [2.45, 2.75) is 19.3 Å². The molecule has 0 fully saturated rings. The Labute approximate surface area is 116 Å². The van der Waals surface area contributed by atoms with E-state index in [1.54, 1.807) is 13.0 Å². The fourth-order valence-electron chi connectivity index (χ4n) is 2.62. The third kappa shape index (κ3) is 2.22. The summed E-state index contributed by atoms with van der Waals surface area (Å²) in [7, 11) is 0. The van der Waals surface area contributed by atoms with Crippen molar-refractivity contribution in [3.63, 3.8) is 0 Å². The smallest absolute Gasteiger partial charge is 0.290 e. The normalized spacial score (nSPS) is 16.1. The van der Waals surface area contributed by atoms with Crippen molar-refractivity contribution < 1.29 is 4.92 Å². The summed E-state index contributed by atoms with van der Waals surface area (Å²) < 4.78 is 0. The summed E-state index contributed by atoms with van der Waals surface area (Å²) in [6.45, 7) is 2.46. The van der Waals surface area contributed by atoms with Crippen LogP contribution >= 0.6 is 0 Å². The van der Waals surface area contributed by atoms with Gasteiger partial charge in [-0.05, 0) is 30.5 Å². The number of hydrogen-bond donors (Lipinski definition) is 1. The number of nitro groups is 1. The Kier molecular flexibility index (Phi) is 3.10. The highest BCUT2D eigenvalue weighted by Gasteiger charge is 2.25. The maximum atomic E-state index is 10.7. The van der Waals surface area contributed by atoms with Gasteiger partial charge in [0.2, 0.25) is 0 Å². The molecule has 1 unspecified atom stereocenters. The lowest BCUT2D eigenvalue weighted by Gasteiger charge is -2.30. The maximum Gasteiger partial charge on any atom is 0.290 e. The molecule has 5 nitrogen and oxygen atoms in total. The molecule has 1 aromatic heterocycles. The molecule has 20 heavy (non-hydrogen) atoms. The number of hydrogen-bond acceptors (Lipinski definition) is 4. The molecular formula is C15H15N3O2. The number of nitrogens with zero attached hydrogens (tertiary/aromatic N) is 2. The molecule has 3 rings (SSSR count). The summed E-state index contributed by atoms with van der Waals surface area (Å²) >= 11 is 0. The zero-order chi connectivity index (χ0) is 14.1. The minimum absolute atomic E-state index is 0.0598. The van der Waals surface area contributed by atoms with Crippen LogP contribution in [0.3, 0.4) is 0 Å². The zero-order valence-corrected chi connectivity index (χ0v) is 11.2. The van der Waals surface area contributed by atoms with Crippen LogP contribution in [-0.2, 0) is 6.42 Å². The van der Waals surface area contributed by atoms with E-state index in [1.807, 2.05) is 0 Å². The molecule has 0 saturated carbocycles. The van der Waals surface area contributed by atoms with Crippen molar-refractivity contribution in [3.05, 3.63) is 63.3 Å². The van der Waals surface area contributed by atoms with Crippen molar-refractivity contribution in [1.29, 1.82) is 0 Å². The minimum Gasteiger partial charge on any atom is -0.369 e. The van der Waals surface area contributed by atoms with Crippen LogP contribution in [0.5, 0.6) is 0 Å². The highest BCUT2D eigenvalue weighted by molar-refractivity contribution is 5.46. The molecule has 0 radical (unpaired) electrons. The van der Waals surface area contributed by atoms with Crippen LogP contribution < -0.4 is 5.32 Å². The number of pyridine rings is 1. The van der Waals surface area contributed by atoms with Crippen molar-refractivity contribution in [2.75, 3.05) is 11.9 Å². The molecular weight excluding hydrogens is 254 g/mol. The molecule has 2 aromatic rings. The average molecular weight is 269 g/mol. The largest absolute Gasteiger partial charge is 0.369 e. The maximum absolute atomic E-state index is 10.7. The van der Waals surface area contributed by atoms with Crippen LogP contribution in [0.1, 0.15) is 22.7 Å². The first-order valence-corrected chi connectivity index (χ1v) is 6.59. The molecule has 0 saturated heterocycles. The van der Waals surface area contributed by atoms with Gasteiger partial charge in [0.15, 0.2) is 0 Å². The molecule has 0 bridgehead atoms. The molecule has 1 aliphatic rings. The molecule has 1 N–H and O–H groups in total. The van der Waals surface area contributed by atoms with Gasteiger partial charge in [0.1, 0.15) is 11.5 Å². The summed E-state index contributed by atoms with van der Waals surface area (Å²) in [6.07, 6.45) is 1.08. The van der Waals surface area contributed by atoms with Gasteiger partial charge in [0, 0.05) is 18.5 Å². The number of benzene rings is 1. The summed E-state index contributed by atoms with van der Waals surface area (Å²) in [4.78, 5) is 14.6. The number of rotatable bonds is 4. The second-order valence-corrected chi connectivity index (χ2v) is 5.04. The van der Waals surface area contributed by atoms with Gasteiger partial charge in [-0.2, -0.15) is 0 Å². The predicted octanol–water partition coefficient (Wildman–Crippen LogP) is 3.05. The fourth-order valence-corrected chi connectivity index (χ4v) is 2.62. The third-order valence-electron chi connectivity index (χ3n) is 3.75. The Hall–Kier alpha value is -2.43. The third-order valence-corrected chi connectivity index (χ3v) is 3.75. The predicted molar refractivity (Wildman–Crippen MR) is 77.0 cm³/mol. The van der Waals surface area contributed by atoms with Gasteiger partial charge < -0.3 is 5.32 Å². The van der Waals surface area contributed by atoms with Gasteiger partial charge in [-0.3, -0.25) is 10.1 Å². The first-order chi connectivity index (χ1) is 9.65. The molecule has 1 aliphatic carbocycles. The lowest BCUT2D eigenvalue weighted by Crippen LogP contribution is -2.24. The van der Waals surface area contributed by atoms with Crippen LogP contribution in [-0.4, -0.2) is 16.5 Å². The Balaban J connectivity index is 1.66. The van der Waals surface area contributed by atoms with Crippen LogP contribution in [0.25, 0.3) is 0 Å². The van der Waals surface area contributed by atoms with Gasteiger partial charge in [-0.25, -0.2) is 4.98 Å². The van der Waals surface area contributed by atoms with E-state index in [9.17, 15) is 10.1 Å². The Morgan fingerprint density at radius 2 is 2.15 bits per heavy atom. The second kappa shape index (κ2) is 4.92. The van der Waals surface area contributed by atoms with Crippen LogP contribution in [0.15, 0.2) is 36.4 Å². The highest BCUT2D eigenvalue weighted by atomic mass is 16.6. The highest BCUT2D eigenvalue weighted by Crippen LogP contribution is 2.34. The van der Waals surface area contributed by atoms with Crippen molar-refractivity contribution in [2.24, 2.45) is 0 Å². The van der Waals surface area contributed by atoms with E-state index in [0.717, 1.165) is 13.0 Å². The monoisotopic (exact) mass is 269 g/mol. The summed E-state index contributed by atoms with van der Waals surface area (Å²) in [5.41, 5.74) is 3.30. The fraction of sp³-hybridized carbons (Fsp3) is 0.267. The topological polar surface area (TPSA) is 68.1 Å². The van der Waals surface area contributed by atoms with E-state index in [-0.39, 0.29) is 5.69 Å². The number of aryl methyl sites for hydroxylation is 1. The van der Waals surface area contributed by atoms with Crippen molar-refractivity contribution in [3.8, 4) is 0 Å². The average Bonchev–Trinajstić information content (AvgIpc) is 2.39. The van der Waals surface area contributed by atoms with Gasteiger partial charge in [-0.1, -0.05) is 24.3 Å². The molecule has 102 valence electrons. The molecule has 1 aromatic carbocycles. The van der Waals surface area contributed by atoms with Crippen molar-refractivity contribution >= 4 is 11.5 Å². The Bertz CT molecular complexity index is 670. The van der Waals surface area contributed by atoms with E-state index in [4.69, 9.17) is 0 Å². The first kappa shape index (κ1) is 12.6. The minimum atomic E-state index is -0.408. The van der Waals surface area contributed by atoms with Crippen LogP contribution in [0.2, 0.25) is 0 Å². The van der Waals surface area contributed by atoms with Gasteiger partial charge in [-0.15, -0.1) is 0 Å². The number of nitrogens with one attached hydrogen (secondary N) is 1. The number of fused-ring (bicyclic) bond motifs is 1. The molecule has 1 atom stereocenters. The van der Waals surface area contributed by atoms with E-state index in [2.05, 4.69) is 34.6 Å². The van der Waals surface area contributed by atoms with Crippen LogP contribution in [0, 0.1) is 17.0 Å². The molecule has 1 heterocycles. The quantitative estimate of drug-likeness (QED) is 0.684. The van der Waals surface area contributed by atoms with Crippen molar-refractivity contribution in [1.82, 2.24) is 4.98 Å². The first-order valence-electron chi connectivity index (χ1n) is 6.59. The molecule has 0 spiro atoms. The summed E-state index contributed by atoms with van der Waals surface area (Å²) in [5, 5.41) is 14.0. The van der Waals surface area contributed by atoms with Gasteiger partial charge in [0.25, 0.3) is 5.69 Å². The standard InChI is InChI=1S/C15H15N3O2/c1-10-14(18(19)20)6-7-15(17-10)16-9-12-8-11-4-2-3-5-13(11)12/h2-7,12H,8-9H2,1H3,(H,16,17). The summed E-state index contributed by atoms with van der Waals surface area (Å²) in [6, 6.07) is 11.6. The Morgan fingerprint density at radius 3 is 2.85 bits per heavy atom.